The van der Waals surface area contributed by atoms with E-state index in [2.05, 4.69) is 0 Å². The molecule has 0 bridgehead atoms. The lowest BCUT2D eigenvalue weighted by Gasteiger charge is -2.26. The largest absolute Gasteiger partial charge is 0.490 e. The maximum Gasteiger partial charge on any atom is 0.285 e. The van der Waals surface area contributed by atoms with Gasteiger partial charge in [0.05, 0.1) is 27.9 Å². The lowest BCUT2D eigenvalue weighted by molar-refractivity contribution is -0.143. The van der Waals surface area contributed by atoms with Gasteiger partial charge in [-0.15, -0.1) is 0 Å². The summed E-state index contributed by atoms with van der Waals surface area (Å²) in [5.74, 6) is -0.685. The number of amides is 1. The molecule has 0 aliphatic rings. The van der Waals surface area contributed by atoms with E-state index in [-0.39, 0.29) is 21.3 Å². The van der Waals surface area contributed by atoms with Crippen LogP contribution in [0.2, 0.25) is 5.02 Å². The van der Waals surface area contributed by atoms with Crippen molar-refractivity contribution in [1.29, 1.82) is 10.5 Å². The number of rotatable bonds is 5. The SMILES string of the molecule is C[C@](O)(COc1ccc(C#N)cc1)C(=O)N(O)c1ccc(C#N)c(Cl)c1. The van der Waals surface area contributed by atoms with E-state index in [0.717, 1.165) is 0 Å². The van der Waals surface area contributed by atoms with Crippen LogP contribution in [0.5, 0.6) is 5.75 Å². The Bertz CT molecular complexity index is 898. The molecule has 0 aliphatic heterocycles. The number of aliphatic hydroxyl groups is 1. The third-order valence-electron chi connectivity index (χ3n) is 3.47. The molecular weight excluding hydrogens is 358 g/mol. The fourth-order valence-corrected chi connectivity index (χ4v) is 2.20. The van der Waals surface area contributed by atoms with Gasteiger partial charge >= 0.3 is 0 Å². The van der Waals surface area contributed by atoms with Crippen LogP contribution >= 0.6 is 11.6 Å². The Morgan fingerprint density at radius 2 is 1.88 bits per heavy atom. The number of hydrogen-bond acceptors (Lipinski definition) is 6. The highest BCUT2D eigenvalue weighted by molar-refractivity contribution is 6.32. The molecule has 0 spiro atoms. The maximum absolute atomic E-state index is 12.3. The summed E-state index contributed by atoms with van der Waals surface area (Å²) in [5, 5.41) is 38.3. The Morgan fingerprint density at radius 1 is 1.23 bits per heavy atom. The van der Waals surface area contributed by atoms with Crippen molar-refractivity contribution in [2.45, 2.75) is 12.5 Å². The molecular formula is C18H14ClN3O4. The van der Waals surface area contributed by atoms with Crippen molar-refractivity contribution < 1.29 is 19.8 Å². The molecule has 132 valence electrons. The first-order chi connectivity index (χ1) is 12.3. The number of benzene rings is 2. The second-order valence-electron chi connectivity index (χ2n) is 5.59. The number of hydrogen-bond donors (Lipinski definition) is 2. The van der Waals surface area contributed by atoms with E-state index in [4.69, 9.17) is 26.9 Å². The fourth-order valence-electron chi connectivity index (χ4n) is 1.98. The summed E-state index contributed by atoms with van der Waals surface area (Å²) < 4.78 is 5.35. The summed E-state index contributed by atoms with van der Waals surface area (Å²) in [6.07, 6.45) is 0. The molecule has 0 unspecified atom stereocenters. The molecule has 0 radical (unpaired) electrons. The highest BCUT2D eigenvalue weighted by Crippen LogP contribution is 2.24. The number of halogens is 1. The molecule has 0 saturated carbocycles. The van der Waals surface area contributed by atoms with Crippen molar-refractivity contribution in [2.24, 2.45) is 0 Å². The highest BCUT2D eigenvalue weighted by Gasteiger charge is 2.36. The minimum atomic E-state index is -2.04. The fraction of sp³-hybridized carbons (Fsp3) is 0.167. The molecule has 8 heteroatoms. The van der Waals surface area contributed by atoms with Crippen molar-refractivity contribution in [3.8, 4) is 17.9 Å². The van der Waals surface area contributed by atoms with Crippen LogP contribution in [-0.4, -0.2) is 28.4 Å². The smallest absolute Gasteiger partial charge is 0.285 e. The van der Waals surface area contributed by atoms with Gasteiger partial charge in [-0.1, -0.05) is 11.6 Å². The third-order valence-corrected chi connectivity index (χ3v) is 3.79. The van der Waals surface area contributed by atoms with Crippen molar-refractivity contribution in [3.05, 3.63) is 58.6 Å². The highest BCUT2D eigenvalue weighted by atomic mass is 35.5. The van der Waals surface area contributed by atoms with Gasteiger partial charge < -0.3 is 9.84 Å². The standard InChI is InChI=1S/C18H14ClN3O4/c1-18(24,11-26-15-6-2-12(9-20)3-7-15)17(23)22(25)14-5-4-13(10-21)16(19)8-14/h2-8,24-25H,11H2,1H3/t18-/m0/s1. The first kappa shape index (κ1) is 19.2. The van der Waals surface area contributed by atoms with Gasteiger partial charge in [-0.05, 0) is 49.4 Å². The van der Waals surface area contributed by atoms with Gasteiger partial charge in [-0.2, -0.15) is 15.6 Å². The zero-order valence-electron chi connectivity index (χ0n) is 13.7. The first-order valence-electron chi connectivity index (χ1n) is 7.37. The van der Waals surface area contributed by atoms with Crippen LogP contribution in [0.3, 0.4) is 0 Å². The molecule has 7 nitrogen and oxygen atoms in total. The predicted octanol–water partition coefficient (Wildman–Crippen LogP) is 2.64. The summed E-state index contributed by atoms with van der Waals surface area (Å²) in [6, 6.07) is 13.8. The second-order valence-corrected chi connectivity index (χ2v) is 6.00. The average molecular weight is 372 g/mol. The molecule has 0 fully saturated rings. The molecule has 2 rings (SSSR count). The van der Waals surface area contributed by atoms with E-state index in [1.54, 1.807) is 0 Å². The lowest BCUT2D eigenvalue weighted by Crippen LogP contribution is -2.49. The summed E-state index contributed by atoms with van der Waals surface area (Å²) in [5.41, 5.74) is -1.41. The van der Waals surface area contributed by atoms with Gasteiger partial charge in [0.25, 0.3) is 5.91 Å². The van der Waals surface area contributed by atoms with Gasteiger partial charge in [0.1, 0.15) is 18.4 Å². The number of carbonyl (C=O) groups excluding carboxylic acids is 1. The molecule has 1 amide bonds. The van der Waals surface area contributed by atoms with Crippen molar-refractivity contribution >= 4 is 23.2 Å². The molecule has 0 aromatic heterocycles. The van der Waals surface area contributed by atoms with Gasteiger partial charge in [0, 0.05) is 0 Å². The Kier molecular flexibility index (Phi) is 5.81. The van der Waals surface area contributed by atoms with Gasteiger partial charge in [-0.3, -0.25) is 10.0 Å². The van der Waals surface area contributed by atoms with E-state index in [1.807, 2.05) is 12.1 Å². The van der Waals surface area contributed by atoms with Crippen LogP contribution in [0.15, 0.2) is 42.5 Å². The van der Waals surface area contributed by atoms with Crippen LogP contribution in [0.4, 0.5) is 5.69 Å². The summed E-state index contributed by atoms with van der Waals surface area (Å²) >= 11 is 5.88. The quantitative estimate of drug-likeness (QED) is 0.616. The number of carbonyl (C=O) groups is 1. The number of nitrogens with zero attached hydrogens (tertiary/aromatic N) is 3. The van der Waals surface area contributed by atoms with E-state index in [1.165, 1.54) is 49.4 Å². The normalized spacial score (nSPS) is 12.4. The van der Waals surface area contributed by atoms with Crippen LogP contribution < -0.4 is 9.80 Å². The molecule has 2 N–H and O–H groups in total. The lowest BCUT2D eigenvalue weighted by atomic mass is 10.1. The Balaban J connectivity index is 2.09. The van der Waals surface area contributed by atoms with E-state index in [9.17, 15) is 15.1 Å². The molecule has 1 atom stereocenters. The maximum atomic E-state index is 12.3. The molecule has 2 aromatic rings. The Hall–Kier alpha value is -3.10. The number of anilines is 1. The van der Waals surface area contributed by atoms with Crippen LogP contribution in [0.25, 0.3) is 0 Å². The second kappa shape index (κ2) is 7.85. The number of nitriles is 2. The van der Waals surface area contributed by atoms with Gasteiger partial charge in [0.15, 0.2) is 5.60 Å². The zero-order chi connectivity index (χ0) is 19.3. The van der Waals surface area contributed by atoms with Crippen molar-refractivity contribution in [3.63, 3.8) is 0 Å². The summed E-state index contributed by atoms with van der Waals surface area (Å²) in [6.45, 7) is 0.756. The van der Waals surface area contributed by atoms with Crippen molar-refractivity contribution in [2.75, 3.05) is 11.7 Å². The summed E-state index contributed by atoms with van der Waals surface area (Å²) in [7, 11) is 0. The van der Waals surface area contributed by atoms with Crippen LogP contribution in [0, 0.1) is 22.7 Å². The van der Waals surface area contributed by atoms with Crippen LogP contribution in [0.1, 0.15) is 18.1 Å². The van der Waals surface area contributed by atoms with Crippen molar-refractivity contribution in [1.82, 2.24) is 0 Å². The number of ether oxygens (including phenoxy) is 1. The minimum Gasteiger partial charge on any atom is -0.490 e. The zero-order valence-corrected chi connectivity index (χ0v) is 14.4. The topological polar surface area (TPSA) is 118 Å². The Labute approximate surface area is 154 Å². The average Bonchev–Trinajstić information content (AvgIpc) is 2.65. The monoisotopic (exact) mass is 371 g/mol. The summed E-state index contributed by atoms with van der Waals surface area (Å²) in [4.78, 5) is 12.3. The molecule has 0 heterocycles. The third kappa shape index (κ3) is 4.29. The van der Waals surface area contributed by atoms with E-state index >= 15 is 0 Å². The first-order valence-corrected chi connectivity index (χ1v) is 7.74. The predicted molar refractivity (Wildman–Crippen MR) is 92.7 cm³/mol. The van der Waals surface area contributed by atoms with Crippen LogP contribution in [-0.2, 0) is 4.79 Å². The molecule has 0 aliphatic carbocycles. The Morgan fingerprint density at radius 3 is 2.42 bits per heavy atom. The molecule has 2 aromatic carbocycles. The van der Waals surface area contributed by atoms with E-state index < -0.39 is 18.1 Å². The van der Waals surface area contributed by atoms with Gasteiger partial charge in [-0.25, -0.2) is 0 Å². The minimum absolute atomic E-state index is 0.00218. The van der Waals surface area contributed by atoms with E-state index in [0.29, 0.717) is 11.3 Å². The molecule has 0 saturated heterocycles. The molecule has 26 heavy (non-hydrogen) atoms. The van der Waals surface area contributed by atoms with Gasteiger partial charge in [0.2, 0.25) is 0 Å². The number of hydroxylamine groups is 1.